The number of aliphatic hydroxyl groups excluding tert-OH is 1. The Morgan fingerprint density at radius 2 is 1.98 bits per heavy atom. The number of ether oxygens (including phenoxy) is 2. The molecule has 3 atom stereocenters. The molecule has 1 aromatic heterocycles. The second-order valence-electron chi connectivity index (χ2n) is 10.1. The van der Waals surface area contributed by atoms with Crippen LogP contribution in [0.3, 0.4) is 0 Å². The Bertz CT molecular complexity index is 1420. The third kappa shape index (κ3) is 6.23. The predicted octanol–water partition coefficient (Wildman–Crippen LogP) is 4.54. The number of fused-ring (bicyclic) bond motifs is 3. The molecule has 0 fully saturated rings. The van der Waals surface area contributed by atoms with Gasteiger partial charge in [0.05, 0.1) is 4.92 Å². The summed E-state index contributed by atoms with van der Waals surface area (Å²) in [5, 5.41) is 26.4. The molecule has 2 aliphatic rings. The van der Waals surface area contributed by atoms with Crippen molar-refractivity contribution >= 4 is 17.4 Å². The summed E-state index contributed by atoms with van der Waals surface area (Å²) in [5.41, 5.74) is 6.04. The van der Waals surface area contributed by atoms with E-state index in [0.29, 0.717) is 31.8 Å². The van der Waals surface area contributed by atoms with Crippen LogP contribution in [0.1, 0.15) is 42.4 Å². The normalized spacial score (nSPS) is 19.0. The fourth-order valence-electron chi connectivity index (χ4n) is 5.67. The molecular weight excluding hydrogens is 524 g/mol. The van der Waals surface area contributed by atoms with Crippen LogP contribution in [0.15, 0.2) is 72.6 Å². The summed E-state index contributed by atoms with van der Waals surface area (Å²) in [6.45, 7) is 3.03. The number of carbonyl (C=O) groups is 1. The molecule has 10 nitrogen and oxygen atoms in total. The number of anilines is 1. The van der Waals surface area contributed by atoms with E-state index in [1.807, 2.05) is 13.0 Å². The van der Waals surface area contributed by atoms with E-state index in [-0.39, 0.29) is 42.3 Å². The van der Waals surface area contributed by atoms with Crippen LogP contribution in [-0.4, -0.2) is 53.5 Å². The lowest BCUT2D eigenvalue weighted by Gasteiger charge is -2.37. The van der Waals surface area contributed by atoms with Gasteiger partial charge in [0, 0.05) is 44.2 Å². The van der Waals surface area contributed by atoms with Crippen LogP contribution in [0, 0.1) is 16.0 Å². The molecule has 0 saturated heterocycles. The predicted molar refractivity (Wildman–Crippen MR) is 154 cm³/mol. The highest BCUT2D eigenvalue weighted by atomic mass is 16.7. The Kier molecular flexibility index (Phi) is 8.91. The molecule has 3 aromatic rings. The first-order valence-electron chi connectivity index (χ1n) is 13.9. The smallest absolute Gasteiger partial charge is 0.287 e. The first-order chi connectivity index (χ1) is 20.0. The average Bonchev–Trinajstić information content (AvgIpc) is 3.37. The summed E-state index contributed by atoms with van der Waals surface area (Å²) in [6.07, 6.45) is 4.55. The molecule has 2 heterocycles. The number of nitro groups is 1. The molecule has 0 spiro atoms. The van der Waals surface area contributed by atoms with Crippen LogP contribution >= 0.6 is 0 Å². The van der Waals surface area contributed by atoms with E-state index < -0.39 is 11.2 Å². The van der Waals surface area contributed by atoms with Crippen molar-refractivity contribution in [1.29, 1.82) is 0 Å². The van der Waals surface area contributed by atoms with E-state index in [4.69, 9.17) is 9.47 Å². The fraction of sp³-hybridized carbons (Fsp3) is 0.355. The van der Waals surface area contributed by atoms with Crippen LogP contribution < -0.4 is 10.6 Å². The molecule has 1 aliphatic heterocycles. The minimum atomic E-state index is -0.635. The third-order valence-electron chi connectivity index (χ3n) is 7.56. The molecule has 0 bridgehead atoms. The van der Waals surface area contributed by atoms with E-state index in [2.05, 4.69) is 58.1 Å². The quantitative estimate of drug-likeness (QED) is 0.131. The van der Waals surface area contributed by atoms with Crippen LogP contribution in [0.5, 0.6) is 0 Å². The van der Waals surface area contributed by atoms with E-state index in [1.165, 1.54) is 40.6 Å². The van der Waals surface area contributed by atoms with Gasteiger partial charge in [-0.3, -0.25) is 14.9 Å². The highest BCUT2D eigenvalue weighted by molar-refractivity contribution is 5.92. The number of amides is 1. The number of aliphatic hydroxyl groups is 1. The molecule has 3 N–H and O–H groups in total. The van der Waals surface area contributed by atoms with Crippen molar-refractivity contribution in [2.45, 2.75) is 38.4 Å². The number of aromatic nitrogens is 1. The van der Waals surface area contributed by atoms with Gasteiger partial charge in [0.1, 0.15) is 12.0 Å². The standard InChI is InChI=1S/C31H34N4O6/c1-2-40-31-25(11-6-16-36)27(24-10-5-9-23-22-8-4-3-7-20(22)17-26(23)24)18-28(41-31)30(37)33-15-14-32-29-13-12-21(19-34-29)35(38)39/h3-5,7-10,12-13,18-19,25,27,31,36H,2,6,11,14-17H2,1H3,(H,32,34)(H,33,37)/t25-,27-,31-/m1/s1. The molecule has 5 rings (SSSR count). The van der Waals surface area contributed by atoms with Gasteiger partial charge in [-0.25, -0.2) is 4.98 Å². The highest BCUT2D eigenvalue weighted by Gasteiger charge is 2.39. The molecule has 1 amide bonds. The molecule has 0 unspecified atom stereocenters. The lowest BCUT2D eigenvalue weighted by Crippen LogP contribution is -2.40. The summed E-state index contributed by atoms with van der Waals surface area (Å²) in [6, 6.07) is 17.7. The molecule has 1 aliphatic carbocycles. The summed E-state index contributed by atoms with van der Waals surface area (Å²) in [4.78, 5) is 27.6. The number of nitrogens with zero attached hydrogens (tertiary/aromatic N) is 2. The van der Waals surface area contributed by atoms with Gasteiger partial charge in [0.2, 0.25) is 6.29 Å². The number of hydrogen-bond donors (Lipinski definition) is 3. The summed E-state index contributed by atoms with van der Waals surface area (Å²) < 4.78 is 12.2. The maximum Gasteiger partial charge on any atom is 0.287 e. The van der Waals surface area contributed by atoms with Gasteiger partial charge in [-0.05, 0) is 66.1 Å². The second kappa shape index (κ2) is 12.9. The van der Waals surface area contributed by atoms with Crippen molar-refractivity contribution < 1.29 is 24.3 Å². The Hall–Kier alpha value is -4.28. The molecule has 41 heavy (non-hydrogen) atoms. The van der Waals surface area contributed by atoms with E-state index in [9.17, 15) is 20.0 Å². The first-order valence-corrected chi connectivity index (χ1v) is 13.9. The average molecular weight is 559 g/mol. The number of allylic oxidation sites excluding steroid dienone is 1. The molecule has 2 aromatic carbocycles. The second-order valence-corrected chi connectivity index (χ2v) is 10.1. The summed E-state index contributed by atoms with van der Waals surface area (Å²) in [5.74, 6) is 0.105. The molecule has 0 radical (unpaired) electrons. The minimum Gasteiger partial charge on any atom is -0.459 e. The number of hydrogen-bond acceptors (Lipinski definition) is 8. The topological polar surface area (TPSA) is 136 Å². The van der Waals surface area contributed by atoms with Crippen molar-refractivity contribution in [3.63, 3.8) is 0 Å². The molecular formula is C31H34N4O6. The molecule has 214 valence electrons. The largest absolute Gasteiger partial charge is 0.459 e. The van der Waals surface area contributed by atoms with Crippen molar-refractivity contribution in [3.8, 4) is 11.1 Å². The van der Waals surface area contributed by atoms with Crippen LogP contribution in [-0.2, 0) is 20.7 Å². The van der Waals surface area contributed by atoms with Crippen LogP contribution in [0.25, 0.3) is 11.1 Å². The lowest BCUT2D eigenvalue weighted by molar-refractivity contribution is -0.385. The molecule has 0 saturated carbocycles. The fourth-order valence-corrected chi connectivity index (χ4v) is 5.67. The lowest BCUT2D eigenvalue weighted by atomic mass is 9.78. The van der Waals surface area contributed by atoms with Crippen molar-refractivity contribution in [2.24, 2.45) is 5.92 Å². The van der Waals surface area contributed by atoms with Gasteiger partial charge in [0.15, 0.2) is 5.76 Å². The Labute approximate surface area is 238 Å². The SMILES string of the molecule is CCO[C@@H]1OC(C(=O)NCCNc2ccc([N+](=O)[O-])cn2)=C[C@H](c2cccc3c2Cc2ccccc2-3)[C@H]1CCCO. The minimum absolute atomic E-state index is 0.0636. The number of carbonyl (C=O) groups excluding carboxylic acids is 1. The zero-order valence-electron chi connectivity index (χ0n) is 22.9. The monoisotopic (exact) mass is 558 g/mol. The van der Waals surface area contributed by atoms with Gasteiger partial charge >= 0.3 is 0 Å². The zero-order valence-corrected chi connectivity index (χ0v) is 22.9. The zero-order chi connectivity index (χ0) is 28.8. The number of pyridine rings is 1. The first kappa shape index (κ1) is 28.3. The Balaban J connectivity index is 1.35. The van der Waals surface area contributed by atoms with Crippen LogP contribution in [0.2, 0.25) is 0 Å². The van der Waals surface area contributed by atoms with Gasteiger partial charge in [-0.1, -0.05) is 42.5 Å². The Morgan fingerprint density at radius 1 is 1.15 bits per heavy atom. The molecule has 10 heteroatoms. The highest BCUT2D eigenvalue weighted by Crippen LogP contribution is 2.45. The van der Waals surface area contributed by atoms with Gasteiger partial charge in [0.25, 0.3) is 11.6 Å². The van der Waals surface area contributed by atoms with E-state index >= 15 is 0 Å². The summed E-state index contributed by atoms with van der Waals surface area (Å²) >= 11 is 0. The summed E-state index contributed by atoms with van der Waals surface area (Å²) in [7, 11) is 0. The Morgan fingerprint density at radius 3 is 2.73 bits per heavy atom. The number of rotatable bonds is 12. The maximum atomic E-state index is 13.3. The van der Waals surface area contributed by atoms with Crippen molar-refractivity contribution in [2.75, 3.05) is 31.6 Å². The van der Waals surface area contributed by atoms with Gasteiger partial charge in [-0.15, -0.1) is 0 Å². The third-order valence-corrected chi connectivity index (χ3v) is 7.56. The van der Waals surface area contributed by atoms with E-state index in [1.54, 1.807) is 0 Å². The van der Waals surface area contributed by atoms with Gasteiger partial charge in [-0.2, -0.15) is 0 Å². The number of benzene rings is 2. The van der Waals surface area contributed by atoms with Crippen molar-refractivity contribution in [3.05, 3.63) is 99.4 Å². The van der Waals surface area contributed by atoms with E-state index in [0.717, 1.165) is 12.0 Å². The van der Waals surface area contributed by atoms with Gasteiger partial charge < -0.3 is 25.2 Å². The van der Waals surface area contributed by atoms with Crippen molar-refractivity contribution in [1.82, 2.24) is 10.3 Å². The van der Waals surface area contributed by atoms with Crippen LogP contribution in [0.4, 0.5) is 11.5 Å². The number of nitrogens with one attached hydrogen (secondary N) is 2. The maximum absolute atomic E-state index is 13.3.